The molecular weight excluding hydrogens is 332 g/mol. The Morgan fingerprint density at radius 3 is 2.43 bits per heavy atom. The van der Waals surface area contributed by atoms with Crippen LogP contribution in [0.3, 0.4) is 0 Å². The number of hydrogen-bond acceptors (Lipinski definition) is 2. The largest absolute Gasteiger partial charge is 0.419 e. The Bertz CT molecular complexity index is 487. The maximum Gasteiger partial charge on any atom is 0.419 e. The zero-order valence-electron chi connectivity index (χ0n) is 13.1. The molecule has 0 bridgehead atoms. The van der Waals surface area contributed by atoms with Crippen molar-refractivity contribution in [3.05, 3.63) is 35.1 Å². The first-order chi connectivity index (χ1) is 10.4. The van der Waals surface area contributed by atoms with E-state index in [4.69, 9.17) is 0 Å². The van der Waals surface area contributed by atoms with Gasteiger partial charge < -0.3 is 5.32 Å². The van der Waals surface area contributed by atoms with Gasteiger partial charge in [0.2, 0.25) is 0 Å². The number of nitrogens with one attached hydrogen (secondary N) is 1. The van der Waals surface area contributed by atoms with Gasteiger partial charge in [0.1, 0.15) is 5.82 Å². The second-order valence-corrected chi connectivity index (χ2v) is 5.65. The van der Waals surface area contributed by atoms with E-state index in [0.717, 1.165) is 45.1 Å². The molecule has 1 atom stereocenters. The summed E-state index contributed by atoms with van der Waals surface area (Å²) in [7, 11) is 0. The number of alkyl halides is 3. The Balaban J connectivity index is 0.00000264. The zero-order chi connectivity index (χ0) is 16.2. The van der Waals surface area contributed by atoms with Gasteiger partial charge >= 0.3 is 6.18 Å². The molecule has 2 rings (SSSR count). The molecule has 0 unspecified atom stereocenters. The van der Waals surface area contributed by atoms with Gasteiger partial charge in [0, 0.05) is 37.8 Å². The summed E-state index contributed by atoms with van der Waals surface area (Å²) in [5, 5.41) is 3.21. The van der Waals surface area contributed by atoms with E-state index in [1.165, 1.54) is 12.1 Å². The molecule has 0 amide bonds. The number of halogens is 5. The number of unbranched alkanes of at least 4 members (excludes halogenated alkanes) is 1. The number of benzene rings is 1. The van der Waals surface area contributed by atoms with Crippen LogP contribution in [0.2, 0.25) is 0 Å². The molecule has 0 aliphatic carbocycles. The van der Waals surface area contributed by atoms with Crippen LogP contribution >= 0.6 is 12.4 Å². The molecule has 1 aromatic carbocycles. The smallest absolute Gasteiger partial charge is 0.314 e. The van der Waals surface area contributed by atoms with Crippen molar-refractivity contribution in [1.82, 2.24) is 10.2 Å². The van der Waals surface area contributed by atoms with Crippen LogP contribution in [0.15, 0.2) is 18.2 Å². The van der Waals surface area contributed by atoms with Crippen molar-refractivity contribution in [2.75, 3.05) is 26.2 Å². The molecule has 2 nitrogen and oxygen atoms in total. The quantitative estimate of drug-likeness (QED) is 0.788. The van der Waals surface area contributed by atoms with E-state index in [0.29, 0.717) is 6.42 Å². The van der Waals surface area contributed by atoms with Gasteiger partial charge in [-0.15, -0.1) is 12.4 Å². The predicted octanol–water partition coefficient (Wildman–Crippen LogP) is 4.40. The van der Waals surface area contributed by atoms with Crippen molar-refractivity contribution >= 4 is 12.4 Å². The van der Waals surface area contributed by atoms with Crippen molar-refractivity contribution in [3.63, 3.8) is 0 Å². The van der Waals surface area contributed by atoms with Crippen molar-refractivity contribution in [3.8, 4) is 0 Å². The summed E-state index contributed by atoms with van der Waals surface area (Å²) in [5.41, 5.74) is -0.994. The Hall–Kier alpha value is -0.850. The molecule has 1 N–H and O–H groups in total. The Morgan fingerprint density at radius 1 is 1.22 bits per heavy atom. The Kier molecular flexibility index (Phi) is 7.77. The molecule has 1 fully saturated rings. The first kappa shape index (κ1) is 20.2. The number of hydrogen-bond donors (Lipinski definition) is 1. The number of piperazine rings is 1. The molecule has 23 heavy (non-hydrogen) atoms. The van der Waals surface area contributed by atoms with Crippen molar-refractivity contribution in [2.45, 2.75) is 38.4 Å². The molecule has 7 heteroatoms. The molecule has 0 aromatic heterocycles. The van der Waals surface area contributed by atoms with E-state index in [1.54, 1.807) is 0 Å². The highest BCUT2D eigenvalue weighted by atomic mass is 35.5. The lowest BCUT2D eigenvalue weighted by atomic mass is 9.96. The van der Waals surface area contributed by atoms with Crippen LogP contribution in [-0.2, 0) is 6.18 Å². The van der Waals surface area contributed by atoms with E-state index in [1.807, 2.05) is 6.92 Å². The molecule has 0 saturated carbocycles. The van der Waals surface area contributed by atoms with Gasteiger partial charge in [-0.3, -0.25) is 4.90 Å². The minimum absolute atomic E-state index is 0. The SMILES string of the molecule is CCCC[C@@H](c1cccc(C(F)(F)F)c1F)N1CCNCC1.Cl. The zero-order valence-corrected chi connectivity index (χ0v) is 13.9. The number of nitrogens with zero attached hydrogens (tertiary/aromatic N) is 1. The molecule has 1 aliphatic heterocycles. The standard InChI is InChI=1S/C16H22F4N2.ClH/c1-2-3-7-14(22-10-8-21-9-11-22)12-5-4-6-13(15(12)17)16(18,19)20;/h4-6,14,21H,2-3,7-11H2,1H3;1H/t14-;/m0./s1. The summed E-state index contributed by atoms with van der Waals surface area (Å²) in [6, 6.07) is 3.33. The first-order valence-corrected chi connectivity index (χ1v) is 7.75. The summed E-state index contributed by atoms with van der Waals surface area (Å²) in [5.74, 6) is -1.12. The van der Waals surface area contributed by atoms with Gasteiger partial charge in [0.15, 0.2) is 0 Å². The van der Waals surface area contributed by atoms with Gasteiger partial charge in [-0.1, -0.05) is 31.9 Å². The predicted molar refractivity (Wildman–Crippen MR) is 85.4 cm³/mol. The molecule has 1 aliphatic rings. The summed E-state index contributed by atoms with van der Waals surface area (Å²) < 4.78 is 53.2. The van der Waals surface area contributed by atoms with Crippen LogP contribution < -0.4 is 5.32 Å². The molecule has 1 saturated heterocycles. The Morgan fingerprint density at radius 2 is 1.87 bits per heavy atom. The van der Waals surface area contributed by atoms with Crippen LogP contribution in [0.1, 0.15) is 43.4 Å². The van der Waals surface area contributed by atoms with Gasteiger partial charge in [0.25, 0.3) is 0 Å². The van der Waals surface area contributed by atoms with Gasteiger partial charge in [-0.05, 0) is 12.5 Å². The lowest BCUT2D eigenvalue weighted by Crippen LogP contribution is -2.45. The molecule has 0 spiro atoms. The van der Waals surface area contributed by atoms with E-state index < -0.39 is 17.6 Å². The van der Waals surface area contributed by atoms with Crippen LogP contribution in [0.5, 0.6) is 0 Å². The molecule has 1 aromatic rings. The van der Waals surface area contributed by atoms with E-state index in [9.17, 15) is 17.6 Å². The molecule has 0 radical (unpaired) electrons. The summed E-state index contributed by atoms with van der Waals surface area (Å²) in [4.78, 5) is 2.09. The molecule has 132 valence electrons. The Labute approximate surface area is 140 Å². The average molecular weight is 355 g/mol. The number of rotatable bonds is 5. The average Bonchev–Trinajstić information content (AvgIpc) is 2.49. The molecular formula is C16H23ClF4N2. The van der Waals surface area contributed by atoms with Crippen LogP contribution in [-0.4, -0.2) is 31.1 Å². The van der Waals surface area contributed by atoms with Crippen LogP contribution in [0, 0.1) is 5.82 Å². The molecule has 1 heterocycles. The highest BCUT2D eigenvalue weighted by molar-refractivity contribution is 5.85. The van der Waals surface area contributed by atoms with E-state index in [2.05, 4.69) is 10.2 Å². The van der Waals surface area contributed by atoms with E-state index >= 15 is 0 Å². The van der Waals surface area contributed by atoms with Crippen molar-refractivity contribution < 1.29 is 17.6 Å². The fraction of sp³-hybridized carbons (Fsp3) is 0.625. The summed E-state index contributed by atoms with van der Waals surface area (Å²) in [6.45, 7) is 5.04. The van der Waals surface area contributed by atoms with Crippen molar-refractivity contribution in [2.24, 2.45) is 0 Å². The van der Waals surface area contributed by atoms with Gasteiger partial charge in [-0.25, -0.2) is 4.39 Å². The third-order valence-electron chi connectivity index (χ3n) is 4.12. The third-order valence-corrected chi connectivity index (χ3v) is 4.12. The topological polar surface area (TPSA) is 15.3 Å². The van der Waals surface area contributed by atoms with Crippen LogP contribution in [0.25, 0.3) is 0 Å². The maximum absolute atomic E-state index is 14.4. The lowest BCUT2D eigenvalue weighted by molar-refractivity contribution is -0.140. The third kappa shape index (κ3) is 5.06. The normalized spacial score (nSPS) is 17.6. The second-order valence-electron chi connectivity index (χ2n) is 5.65. The van der Waals surface area contributed by atoms with Gasteiger partial charge in [0.05, 0.1) is 5.56 Å². The fourth-order valence-corrected chi connectivity index (χ4v) is 2.95. The van der Waals surface area contributed by atoms with Crippen molar-refractivity contribution in [1.29, 1.82) is 0 Å². The second kappa shape index (κ2) is 8.85. The minimum Gasteiger partial charge on any atom is -0.314 e. The highest BCUT2D eigenvalue weighted by Crippen LogP contribution is 2.36. The summed E-state index contributed by atoms with van der Waals surface area (Å²) in [6.07, 6.45) is -2.18. The lowest BCUT2D eigenvalue weighted by Gasteiger charge is -2.35. The first-order valence-electron chi connectivity index (χ1n) is 7.75. The van der Waals surface area contributed by atoms with Gasteiger partial charge in [-0.2, -0.15) is 13.2 Å². The fourth-order valence-electron chi connectivity index (χ4n) is 2.95. The minimum atomic E-state index is -4.65. The highest BCUT2D eigenvalue weighted by Gasteiger charge is 2.36. The van der Waals surface area contributed by atoms with E-state index in [-0.39, 0.29) is 24.0 Å². The maximum atomic E-state index is 14.4. The summed E-state index contributed by atoms with van der Waals surface area (Å²) >= 11 is 0. The van der Waals surface area contributed by atoms with Crippen LogP contribution in [0.4, 0.5) is 17.6 Å². The monoisotopic (exact) mass is 354 g/mol.